The van der Waals surface area contributed by atoms with Crippen LogP contribution in [-0.2, 0) is 0 Å². The summed E-state index contributed by atoms with van der Waals surface area (Å²) in [7, 11) is 0. The Morgan fingerprint density at radius 1 is 0.861 bits per heavy atom. The Morgan fingerprint density at radius 3 is 2.47 bits per heavy atom. The van der Waals surface area contributed by atoms with Crippen LogP contribution < -0.4 is 15.5 Å². The molecule has 6 nitrogen and oxygen atoms in total. The number of nitrogens with one attached hydrogen (secondary N) is 2. The van der Waals surface area contributed by atoms with Gasteiger partial charge in [0.2, 0.25) is 0 Å². The van der Waals surface area contributed by atoms with Crippen LogP contribution in [0.1, 0.15) is 49.7 Å². The lowest BCUT2D eigenvalue weighted by Gasteiger charge is -2.40. The van der Waals surface area contributed by atoms with Gasteiger partial charge in [-0.15, -0.1) is 0 Å². The zero-order valence-electron chi connectivity index (χ0n) is 20.5. The lowest BCUT2D eigenvalue weighted by Crippen LogP contribution is -2.54. The van der Waals surface area contributed by atoms with Crippen LogP contribution in [0.3, 0.4) is 0 Å². The van der Waals surface area contributed by atoms with Gasteiger partial charge >= 0.3 is 0 Å². The van der Waals surface area contributed by atoms with Crippen LogP contribution in [0.2, 0.25) is 0 Å². The fraction of sp³-hybridized carbons (Fsp3) is 0.367. The first kappa shape index (κ1) is 23.9. The van der Waals surface area contributed by atoms with Gasteiger partial charge in [0, 0.05) is 43.1 Å². The minimum absolute atomic E-state index is 0.318. The van der Waals surface area contributed by atoms with Gasteiger partial charge in [0.15, 0.2) is 0 Å². The fourth-order valence-electron chi connectivity index (χ4n) is 5.60. The smallest absolute Gasteiger partial charge is 0.126 e. The molecule has 2 aromatic carbocycles. The average Bonchev–Trinajstić information content (AvgIpc) is 2.94. The van der Waals surface area contributed by atoms with Crippen LogP contribution >= 0.6 is 0 Å². The summed E-state index contributed by atoms with van der Waals surface area (Å²) in [5.41, 5.74) is 4.52. The van der Waals surface area contributed by atoms with Crippen molar-refractivity contribution in [2.24, 2.45) is 0 Å². The molecule has 1 saturated carbocycles. The third kappa shape index (κ3) is 5.51. The van der Waals surface area contributed by atoms with Crippen LogP contribution in [0.4, 0.5) is 11.5 Å². The molecule has 182 valence electrons. The van der Waals surface area contributed by atoms with Gasteiger partial charge in [-0.3, -0.25) is 0 Å². The van der Waals surface area contributed by atoms with Gasteiger partial charge in [0.1, 0.15) is 5.82 Å². The molecule has 2 aliphatic rings. The van der Waals surface area contributed by atoms with Crippen molar-refractivity contribution in [2.75, 3.05) is 23.3 Å². The van der Waals surface area contributed by atoms with Gasteiger partial charge in [-0.1, -0.05) is 31.0 Å². The molecule has 36 heavy (non-hydrogen) atoms. The van der Waals surface area contributed by atoms with E-state index in [-0.39, 0.29) is 0 Å². The topological polar surface area (TPSA) is 87.8 Å². The second kappa shape index (κ2) is 11.2. The van der Waals surface area contributed by atoms with E-state index in [0.717, 1.165) is 49.3 Å². The minimum Gasteiger partial charge on any atom is -0.370 e. The molecule has 2 N–H and O–H groups in total. The third-order valence-corrected chi connectivity index (χ3v) is 7.45. The van der Waals surface area contributed by atoms with Crippen molar-refractivity contribution >= 4 is 11.5 Å². The minimum atomic E-state index is 0.318. The van der Waals surface area contributed by atoms with Gasteiger partial charge in [0.05, 0.1) is 23.3 Å². The van der Waals surface area contributed by atoms with E-state index in [4.69, 9.17) is 5.26 Å². The number of hydrogen-bond donors (Lipinski definition) is 2. The zero-order chi connectivity index (χ0) is 24.7. The van der Waals surface area contributed by atoms with Crippen molar-refractivity contribution in [2.45, 2.75) is 56.7 Å². The monoisotopic (exact) mass is 476 g/mol. The molecule has 0 radical (unpaired) electrons. The Hall–Kier alpha value is -3.87. The van der Waals surface area contributed by atoms with E-state index >= 15 is 0 Å². The number of rotatable bonds is 6. The summed E-state index contributed by atoms with van der Waals surface area (Å²) in [5.74, 6) is 0.863. The number of pyridine rings is 1. The molecular formula is C30H32N6. The standard InChI is InChI=1S/C30H32N6/c31-19-22-11-13-26(14-12-22)36-17-5-7-25(21-36)34-28-9-3-4-10-29(28)35-30-18-23(15-16-33-30)27-8-2-1-6-24(27)20-32/h1-2,6,8,11-16,18,25,28-29,34H,3-5,7,9-10,17,21H2,(H,33,35)/t25-,28+,29+/m0/s1. The van der Waals surface area contributed by atoms with Crippen LogP contribution in [0.15, 0.2) is 66.9 Å². The normalized spacial score (nSPS) is 21.8. The van der Waals surface area contributed by atoms with Crippen LogP contribution in [-0.4, -0.2) is 36.2 Å². The van der Waals surface area contributed by atoms with Crippen molar-refractivity contribution in [3.63, 3.8) is 0 Å². The predicted molar refractivity (Wildman–Crippen MR) is 144 cm³/mol. The molecule has 3 atom stereocenters. The van der Waals surface area contributed by atoms with Crippen LogP contribution in [0.5, 0.6) is 0 Å². The largest absolute Gasteiger partial charge is 0.370 e. The van der Waals surface area contributed by atoms with Crippen molar-refractivity contribution in [1.82, 2.24) is 10.3 Å². The molecule has 3 aromatic rings. The first-order chi connectivity index (χ1) is 17.7. The van der Waals surface area contributed by atoms with Gasteiger partial charge in [-0.25, -0.2) is 4.98 Å². The maximum Gasteiger partial charge on any atom is 0.126 e. The van der Waals surface area contributed by atoms with Gasteiger partial charge in [-0.2, -0.15) is 10.5 Å². The second-order valence-electron chi connectivity index (χ2n) is 9.84. The third-order valence-electron chi connectivity index (χ3n) is 7.45. The maximum absolute atomic E-state index is 9.51. The predicted octanol–water partition coefficient (Wildman–Crippen LogP) is 5.47. The number of piperidine rings is 1. The molecule has 0 unspecified atom stereocenters. The summed E-state index contributed by atoms with van der Waals surface area (Å²) in [5, 5.41) is 26.3. The second-order valence-corrected chi connectivity index (χ2v) is 9.84. The molecule has 2 heterocycles. The van der Waals surface area contributed by atoms with Crippen molar-refractivity contribution in [3.05, 3.63) is 78.0 Å². The van der Waals surface area contributed by atoms with Gasteiger partial charge in [0.25, 0.3) is 0 Å². The number of hydrogen-bond acceptors (Lipinski definition) is 6. The fourth-order valence-corrected chi connectivity index (χ4v) is 5.60. The van der Waals surface area contributed by atoms with Crippen molar-refractivity contribution in [1.29, 1.82) is 10.5 Å². The lowest BCUT2D eigenvalue weighted by molar-refractivity contribution is 0.293. The molecule has 5 rings (SSSR count). The van der Waals surface area contributed by atoms with Crippen LogP contribution in [0.25, 0.3) is 11.1 Å². The number of anilines is 2. The molecule has 0 amide bonds. The number of nitriles is 2. The van der Waals surface area contributed by atoms with E-state index in [2.05, 4.69) is 50.9 Å². The quantitative estimate of drug-likeness (QED) is 0.490. The first-order valence-electron chi connectivity index (χ1n) is 13.0. The number of aromatic nitrogens is 1. The Labute approximate surface area is 213 Å². The van der Waals surface area contributed by atoms with E-state index in [9.17, 15) is 5.26 Å². The molecule has 6 heteroatoms. The van der Waals surface area contributed by atoms with Crippen LogP contribution in [0, 0.1) is 22.7 Å². The lowest BCUT2D eigenvalue weighted by atomic mass is 9.89. The Kier molecular flexibility index (Phi) is 7.45. The summed E-state index contributed by atoms with van der Waals surface area (Å²) >= 11 is 0. The highest BCUT2D eigenvalue weighted by molar-refractivity contribution is 5.72. The molecule has 0 bridgehead atoms. The zero-order valence-corrected chi connectivity index (χ0v) is 20.5. The summed E-state index contributed by atoms with van der Waals surface area (Å²) in [6.07, 6.45) is 8.89. The summed E-state index contributed by atoms with van der Waals surface area (Å²) in [6.45, 7) is 2.03. The van der Waals surface area contributed by atoms with Gasteiger partial charge < -0.3 is 15.5 Å². The molecule has 2 fully saturated rings. The highest BCUT2D eigenvalue weighted by atomic mass is 15.2. The maximum atomic E-state index is 9.51. The highest BCUT2D eigenvalue weighted by Gasteiger charge is 2.29. The Bertz CT molecular complexity index is 1260. The average molecular weight is 477 g/mol. The van der Waals surface area contributed by atoms with Crippen molar-refractivity contribution < 1.29 is 0 Å². The van der Waals surface area contributed by atoms with E-state index in [1.165, 1.54) is 24.9 Å². The molecule has 1 aliphatic heterocycles. The SMILES string of the molecule is N#Cc1ccc(N2CCC[C@H](N[C@@H]3CCCC[C@H]3Nc3cc(-c4ccccc4C#N)ccn3)C2)cc1. The summed E-state index contributed by atoms with van der Waals surface area (Å²) in [4.78, 5) is 7.04. The molecular weight excluding hydrogens is 444 g/mol. The first-order valence-corrected chi connectivity index (χ1v) is 13.0. The van der Waals surface area contributed by atoms with E-state index in [1.807, 2.05) is 48.7 Å². The van der Waals surface area contributed by atoms with E-state index in [0.29, 0.717) is 29.3 Å². The Balaban J connectivity index is 1.26. The molecule has 0 spiro atoms. The number of benzene rings is 2. The van der Waals surface area contributed by atoms with E-state index in [1.54, 1.807) is 0 Å². The Morgan fingerprint density at radius 2 is 1.67 bits per heavy atom. The van der Waals surface area contributed by atoms with Crippen molar-refractivity contribution in [3.8, 4) is 23.3 Å². The number of nitrogens with zero attached hydrogens (tertiary/aromatic N) is 4. The molecule has 1 aromatic heterocycles. The summed E-state index contributed by atoms with van der Waals surface area (Å²) < 4.78 is 0. The summed E-state index contributed by atoms with van der Waals surface area (Å²) in [6, 6.07) is 25.3. The molecule has 1 aliphatic carbocycles. The van der Waals surface area contributed by atoms with Gasteiger partial charge in [-0.05, 0) is 79.3 Å². The highest BCUT2D eigenvalue weighted by Crippen LogP contribution is 2.28. The van der Waals surface area contributed by atoms with E-state index < -0.39 is 0 Å². The molecule has 1 saturated heterocycles.